The number of fused-ring (bicyclic) bond motifs is 2. The van der Waals surface area contributed by atoms with E-state index in [1.165, 1.54) is 0 Å². The first kappa shape index (κ1) is 13.9. The molecule has 2 aromatic carbocycles. The Morgan fingerprint density at radius 3 is 2.57 bits per heavy atom. The van der Waals surface area contributed by atoms with Crippen LogP contribution in [0, 0.1) is 0 Å². The van der Waals surface area contributed by atoms with Crippen molar-refractivity contribution in [1.29, 1.82) is 0 Å². The molecule has 1 amide bonds. The number of carbonyl (C=O) groups excluding carboxylic acids is 1. The van der Waals surface area contributed by atoms with E-state index in [2.05, 4.69) is 18.2 Å². The number of aromatic nitrogens is 1. The van der Waals surface area contributed by atoms with Crippen molar-refractivity contribution in [2.45, 2.75) is 12.8 Å². The Hall–Kier alpha value is -2.68. The standard InChI is InChI=1S/C20H18N2O/c1-22-13-7-11-16-18(14-8-3-2-4-9-14)15-10-5-6-12-17(15)21-19(16)20(22)23/h2-6,8-10,12H,7,11,13H2,1H3. The Morgan fingerprint density at radius 1 is 1.00 bits per heavy atom. The van der Waals surface area contributed by atoms with Crippen molar-refractivity contribution in [2.24, 2.45) is 0 Å². The van der Waals surface area contributed by atoms with Crippen LogP contribution in [0.15, 0.2) is 54.6 Å². The normalized spacial score (nSPS) is 14.7. The summed E-state index contributed by atoms with van der Waals surface area (Å²) in [5.74, 6) is 0.0282. The molecule has 4 rings (SSSR count). The van der Waals surface area contributed by atoms with Gasteiger partial charge in [-0.1, -0.05) is 48.5 Å². The monoisotopic (exact) mass is 302 g/mol. The number of carbonyl (C=O) groups is 1. The molecule has 23 heavy (non-hydrogen) atoms. The average molecular weight is 302 g/mol. The summed E-state index contributed by atoms with van der Waals surface area (Å²) in [7, 11) is 1.86. The first-order valence-corrected chi connectivity index (χ1v) is 7.98. The second-order valence-electron chi connectivity index (χ2n) is 6.03. The molecule has 1 aliphatic rings. The van der Waals surface area contributed by atoms with Crippen LogP contribution in [0.4, 0.5) is 0 Å². The van der Waals surface area contributed by atoms with Gasteiger partial charge in [0.1, 0.15) is 5.69 Å². The lowest BCUT2D eigenvalue weighted by Gasteiger charge is -2.16. The minimum Gasteiger partial charge on any atom is -0.340 e. The van der Waals surface area contributed by atoms with Crippen molar-refractivity contribution >= 4 is 16.8 Å². The Morgan fingerprint density at radius 2 is 1.74 bits per heavy atom. The number of pyridine rings is 1. The molecule has 0 saturated heterocycles. The number of para-hydroxylation sites is 1. The Labute approximate surface area is 135 Å². The zero-order chi connectivity index (χ0) is 15.8. The maximum absolute atomic E-state index is 12.7. The van der Waals surface area contributed by atoms with Gasteiger partial charge in [0.25, 0.3) is 5.91 Å². The quantitative estimate of drug-likeness (QED) is 0.682. The third kappa shape index (κ3) is 2.29. The van der Waals surface area contributed by atoms with Gasteiger partial charge in [0.05, 0.1) is 5.52 Å². The zero-order valence-corrected chi connectivity index (χ0v) is 13.1. The molecule has 3 heteroatoms. The first-order chi connectivity index (χ1) is 11.3. The number of hydrogen-bond donors (Lipinski definition) is 0. The van der Waals surface area contributed by atoms with Crippen molar-refractivity contribution in [3.8, 4) is 11.1 Å². The Kier molecular flexibility index (Phi) is 3.34. The van der Waals surface area contributed by atoms with E-state index >= 15 is 0 Å². The lowest BCUT2D eigenvalue weighted by molar-refractivity contribution is 0.0795. The summed E-state index contributed by atoms with van der Waals surface area (Å²) in [6.07, 6.45) is 1.85. The summed E-state index contributed by atoms with van der Waals surface area (Å²) in [4.78, 5) is 19.2. The molecule has 0 spiro atoms. The first-order valence-electron chi connectivity index (χ1n) is 7.98. The van der Waals surface area contributed by atoms with Crippen LogP contribution in [-0.4, -0.2) is 29.4 Å². The lowest BCUT2D eigenvalue weighted by atomic mass is 9.92. The number of amides is 1. The van der Waals surface area contributed by atoms with Crippen LogP contribution in [0.3, 0.4) is 0 Å². The highest BCUT2D eigenvalue weighted by molar-refractivity contribution is 6.04. The second kappa shape index (κ2) is 5.51. The largest absolute Gasteiger partial charge is 0.340 e. The van der Waals surface area contributed by atoms with E-state index in [0.717, 1.165) is 47.0 Å². The number of rotatable bonds is 1. The smallest absolute Gasteiger partial charge is 0.272 e. The summed E-state index contributed by atoms with van der Waals surface area (Å²) in [5, 5.41) is 1.12. The summed E-state index contributed by atoms with van der Waals surface area (Å²) < 4.78 is 0. The van der Waals surface area contributed by atoms with Crippen LogP contribution in [0.1, 0.15) is 22.5 Å². The van der Waals surface area contributed by atoms with Crippen LogP contribution in [0.2, 0.25) is 0 Å². The third-order valence-electron chi connectivity index (χ3n) is 4.53. The van der Waals surface area contributed by atoms with Crippen molar-refractivity contribution in [3.63, 3.8) is 0 Å². The van der Waals surface area contributed by atoms with Gasteiger partial charge in [-0.25, -0.2) is 4.98 Å². The molecule has 3 aromatic rings. The molecule has 0 unspecified atom stereocenters. The molecule has 1 aromatic heterocycles. The summed E-state index contributed by atoms with van der Waals surface area (Å²) in [6, 6.07) is 18.4. The molecule has 1 aliphatic heterocycles. The molecule has 0 saturated carbocycles. The minimum absolute atomic E-state index is 0.0282. The molecular formula is C20H18N2O. The molecule has 114 valence electrons. The van der Waals surface area contributed by atoms with Crippen molar-refractivity contribution < 1.29 is 4.79 Å². The Balaban J connectivity index is 2.10. The fourth-order valence-corrected chi connectivity index (χ4v) is 3.38. The van der Waals surface area contributed by atoms with Crippen LogP contribution < -0.4 is 0 Å². The van der Waals surface area contributed by atoms with Crippen molar-refractivity contribution in [3.05, 3.63) is 65.9 Å². The van der Waals surface area contributed by atoms with Crippen molar-refractivity contribution in [1.82, 2.24) is 9.88 Å². The van der Waals surface area contributed by atoms with Gasteiger partial charge in [0.2, 0.25) is 0 Å². The van der Waals surface area contributed by atoms with E-state index in [-0.39, 0.29) is 5.91 Å². The lowest BCUT2D eigenvalue weighted by Crippen LogP contribution is -2.27. The molecule has 0 N–H and O–H groups in total. The molecule has 0 radical (unpaired) electrons. The van der Waals surface area contributed by atoms with Crippen LogP contribution in [-0.2, 0) is 6.42 Å². The Bertz CT molecular complexity index is 887. The molecule has 0 atom stereocenters. The topological polar surface area (TPSA) is 33.2 Å². The predicted molar refractivity (Wildman–Crippen MR) is 92.5 cm³/mol. The summed E-state index contributed by atoms with van der Waals surface area (Å²) in [5.41, 5.74) is 4.90. The highest BCUT2D eigenvalue weighted by Gasteiger charge is 2.25. The summed E-state index contributed by atoms with van der Waals surface area (Å²) in [6.45, 7) is 0.778. The number of hydrogen-bond acceptors (Lipinski definition) is 2. The van der Waals surface area contributed by atoms with Gasteiger partial charge in [-0.05, 0) is 35.6 Å². The maximum Gasteiger partial charge on any atom is 0.272 e. The van der Waals surface area contributed by atoms with Gasteiger partial charge in [-0.2, -0.15) is 0 Å². The zero-order valence-electron chi connectivity index (χ0n) is 13.1. The van der Waals surface area contributed by atoms with E-state index in [1.807, 2.05) is 43.4 Å². The molecule has 2 heterocycles. The SMILES string of the molecule is CN1CCCc2c(nc3ccccc3c2-c2ccccc2)C1=O. The highest BCUT2D eigenvalue weighted by Crippen LogP contribution is 2.35. The number of benzene rings is 2. The van der Waals surface area contributed by atoms with E-state index in [0.29, 0.717) is 5.69 Å². The van der Waals surface area contributed by atoms with E-state index in [1.54, 1.807) is 4.90 Å². The minimum atomic E-state index is 0.0282. The van der Waals surface area contributed by atoms with Gasteiger partial charge >= 0.3 is 0 Å². The predicted octanol–water partition coefficient (Wildman–Crippen LogP) is 3.92. The van der Waals surface area contributed by atoms with Gasteiger partial charge < -0.3 is 4.90 Å². The molecule has 0 aliphatic carbocycles. The van der Waals surface area contributed by atoms with Gasteiger partial charge in [0.15, 0.2) is 0 Å². The molecular weight excluding hydrogens is 284 g/mol. The third-order valence-corrected chi connectivity index (χ3v) is 4.53. The number of nitrogens with zero attached hydrogens (tertiary/aromatic N) is 2. The molecule has 0 fully saturated rings. The molecule has 0 bridgehead atoms. The maximum atomic E-state index is 12.7. The van der Waals surface area contributed by atoms with Crippen LogP contribution in [0.25, 0.3) is 22.0 Å². The highest BCUT2D eigenvalue weighted by atomic mass is 16.2. The average Bonchev–Trinajstić information content (AvgIpc) is 2.73. The van der Waals surface area contributed by atoms with E-state index < -0.39 is 0 Å². The van der Waals surface area contributed by atoms with Gasteiger partial charge in [0, 0.05) is 19.0 Å². The van der Waals surface area contributed by atoms with Crippen molar-refractivity contribution in [2.75, 3.05) is 13.6 Å². The fourth-order valence-electron chi connectivity index (χ4n) is 3.38. The van der Waals surface area contributed by atoms with Gasteiger partial charge in [-0.3, -0.25) is 4.79 Å². The van der Waals surface area contributed by atoms with Gasteiger partial charge in [-0.15, -0.1) is 0 Å². The van der Waals surface area contributed by atoms with Crippen LogP contribution >= 0.6 is 0 Å². The molecule has 3 nitrogen and oxygen atoms in total. The van der Waals surface area contributed by atoms with E-state index in [9.17, 15) is 4.79 Å². The fraction of sp³-hybridized carbons (Fsp3) is 0.200. The van der Waals surface area contributed by atoms with Crippen LogP contribution in [0.5, 0.6) is 0 Å². The second-order valence-corrected chi connectivity index (χ2v) is 6.03. The van der Waals surface area contributed by atoms with E-state index in [4.69, 9.17) is 4.98 Å². The summed E-state index contributed by atoms with van der Waals surface area (Å²) >= 11 is 0.